The lowest BCUT2D eigenvalue weighted by molar-refractivity contribution is -0.126. The Morgan fingerprint density at radius 3 is 2.54 bits per heavy atom. The average molecular weight is 463 g/mol. The minimum atomic E-state index is -3.73. The molecule has 2 heterocycles. The molecule has 28 heavy (non-hydrogen) atoms. The summed E-state index contributed by atoms with van der Waals surface area (Å²) in [6.45, 7) is 0.777. The minimum absolute atomic E-state index is 0.0167. The highest BCUT2D eigenvalue weighted by molar-refractivity contribution is 7.89. The summed E-state index contributed by atoms with van der Waals surface area (Å²) in [6, 6.07) is 8.05. The molecule has 2 aromatic rings. The molecule has 1 aromatic carbocycles. The lowest BCUT2D eigenvalue weighted by Gasteiger charge is -2.30. The molecule has 0 spiro atoms. The molecule has 150 valence electrons. The highest BCUT2D eigenvalue weighted by Crippen LogP contribution is 2.27. The third-order valence-electron chi connectivity index (χ3n) is 4.64. The first-order chi connectivity index (χ1) is 13.3. The first kappa shape index (κ1) is 21.3. The van der Waals surface area contributed by atoms with Crippen LogP contribution in [-0.4, -0.2) is 36.7 Å². The van der Waals surface area contributed by atoms with Crippen molar-refractivity contribution in [1.82, 2.24) is 14.6 Å². The van der Waals surface area contributed by atoms with Crippen molar-refractivity contribution in [3.05, 3.63) is 57.3 Å². The SMILES string of the molecule is O=C(NCc1ccc(Cl)cc1Cl)C1CCN(S(=O)(=O)c2cccnc2Cl)CC1. The van der Waals surface area contributed by atoms with Gasteiger partial charge in [0.2, 0.25) is 15.9 Å². The number of carbonyl (C=O) groups excluding carboxylic acids is 1. The van der Waals surface area contributed by atoms with Gasteiger partial charge in [0.05, 0.1) is 0 Å². The number of nitrogens with one attached hydrogen (secondary N) is 1. The van der Waals surface area contributed by atoms with Gasteiger partial charge >= 0.3 is 0 Å². The van der Waals surface area contributed by atoms with Gasteiger partial charge in [0.1, 0.15) is 10.0 Å². The van der Waals surface area contributed by atoms with Crippen LogP contribution in [0.5, 0.6) is 0 Å². The molecule has 1 aromatic heterocycles. The number of amides is 1. The first-order valence-electron chi connectivity index (χ1n) is 8.61. The number of hydrogen-bond donors (Lipinski definition) is 1. The Morgan fingerprint density at radius 1 is 1.18 bits per heavy atom. The first-order valence-corrected chi connectivity index (χ1v) is 11.2. The van der Waals surface area contributed by atoms with Gasteiger partial charge in [-0.05, 0) is 42.7 Å². The number of nitrogens with zero attached hydrogens (tertiary/aromatic N) is 2. The van der Waals surface area contributed by atoms with E-state index >= 15 is 0 Å². The monoisotopic (exact) mass is 461 g/mol. The third kappa shape index (κ3) is 4.78. The van der Waals surface area contributed by atoms with Crippen LogP contribution in [0.2, 0.25) is 15.2 Å². The van der Waals surface area contributed by atoms with Gasteiger partial charge in [-0.25, -0.2) is 13.4 Å². The lowest BCUT2D eigenvalue weighted by Crippen LogP contribution is -2.43. The highest BCUT2D eigenvalue weighted by atomic mass is 35.5. The summed E-state index contributed by atoms with van der Waals surface area (Å²) in [5, 5.41) is 3.82. The number of piperidine rings is 1. The summed E-state index contributed by atoms with van der Waals surface area (Å²) in [7, 11) is -3.73. The molecule has 0 atom stereocenters. The molecule has 6 nitrogen and oxygen atoms in total. The van der Waals surface area contributed by atoms with Gasteiger partial charge in [-0.2, -0.15) is 4.31 Å². The normalized spacial score (nSPS) is 16.1. The number of sulfonamides is 1. The van der Waals surface area contributed by atoms with Gasteiger partial charge < -0.3 is 5.32 Å². The summed E-state index contributed by atoms with van der Waals surface area (Å²) in [6.07, 6.45) is 2.29. The fraction of sp³-hybridized carbons (Fsp3) is 0.333. The van der Waals surface area contributed by atoms with Crippen LogP contribution in [0, 0.1) is 5.92 Å². The fourth-order valence-electron chi connectivity index (χ4n) is 3.05. The largest absolute Gasteiger partial charge is 0.352 e. The zero-order valence-electron chi connectivity index (χ0n) is 14.7. The van der Waals surface area contributed by atoms with Gasteiger partial charge in [0, 0.05) is 41.8 Å². The van der Waals surface area contributed by atoms with E-state index in [-0.39, 0.29) is 35.0 Å². The summed E-state index contributed by atoms with van der Waals surface area (Å²) in [4.78, 5) is 16.3. The van der Waals surface area contributed by atoms with Gasteiger partial charge in [-0.15, -0.1) is 0 Å². The molecule has 0 radical (unpaired) electrons. The van der Waals surface area contributed by atoms with Crippen LogP contribution in [0.15, 0.2) is 41.4 Å². The number of aromatic nitrogens is 1. The third-order valence-corrected chi connectivity index (χ3v) is 7.57. The smallest absolute Gasteiger partial charge is 0.246 e. The fourth-order valence-corrected chi connectivity index (χ4v) is 5.43. The van der Waals surface area contributed by atoms with E-state index < -0.39 is 10.0 Å². The van der Waals surface area contributed by atoms with Crippen molar-refractivity contribution in [1.29, 1.82) is 0 Å². The van der Waals surface area contributed by atoms with E-state index in [0.29, 0.717) is 29.4 Å². The van der Waals surface area contributed by atoms with Crippen molar-refractivity contribution >= 4 is 50.7 Å². The Hall–Kier alpha value is -1.38. The zero-order chi connectivity index (χ0) is 20.3. The second-order valence-corrected chi connectivity index (χ2v) is 9.53. The maximum atomic E-state index is 12.7. The van der Waals surface area contributed by atoms with Crippen molar-refractivity contribution in [2.75, 3.05) is 13.1 Å². The molecule has 0 bridgehead atoms. The predicted molar refractivity (Wildman–Crippen MR) is 109 cm³/mol. The van der Waals surface area contributed by atoms with E-state index in [2.05, 4.69) is 10.3 Å². The summed E-state index contributed by atoms with van der Waals surface area (Å²) < 4.78 is 26.8. The van der Waals surface area contributed by atoms with Crippen molar-refractivity contribution in [2.24, 2.45) is 5.92 Å². The Kier molecular flexibility index (Phi) is 6.83. The van der Waals surface area contributed by atoms with Crippen LogP contribution in [-0.2, 0) is 21.4 Å². The van der Waals surface area contributed by atoms with E-state index in [1.807, 2.05) is 0 Å². The topological polar surface area (TPSA) is 79.4 Å². The quantitative estimate of drug-likeness (QED) is 0.686. The highest BCUT2D eigenvalue weighted by Gasteiger charge is 2.33. The zero-order valence-corrected chi connectivity index (χ0v) is 17.8. The molecule has 1 N–H and O–H groups in total. The van der Waals surface area contributed by atoms with Crippen molar-refractivity contribution < 1.29 is 13.2 Å². The molecule has 1 amide bonds. The summed E-state index contributed by atoms with van der Waals surface area (Å²) >= 11 is 17.9. The lowest BCUT2D eigenvalue weighted by atomic mass is 9.97. The Labute approximate surface area is 178 Å². The van der Waals surface area contributed by atoms with Crippen LogP contribution in [0.1, 0.15) is 18.4 Å². The summed E-state index contributed by atoms with van der Waals surface area (Å²) in [5.41, 5.74) is 0.769. The van der Waals surface area contributed by atoms with Crippen LogP contribution in [0.4, 0.5) is 0 Å². The van der Waals surface area contributed by atoms with E-state index in [1.54, 1.807) is 18.2 Å². The standard InChI is InChI=1S/C18H18Cl3N3O3S/c19-14-4-3-13(15(20)10-14)11-23-18(25)12-5-8-24(9-6-12)28(26,27)16-2-1-7-22-17(16)21/h1-4,7,10,12H,5-6,8-9,11H2,(H,23,25). The summed E-state index contributed by atoms with van der Waals surface area (Å²) in [5.74, 6) is -0.385. The van der Waals surface area contributed by atoms with Gasteiger partial charge in [-0.1, -0.05) is 40.9 Å². The number of hydrogen-bond acceptors (Lipinski definition) is 4. The van der Waals surface area contributed by atoms with Gasteiger partial charge in [0.25, 0.3) is 0 Å². The van der Waals surface area contributed by atoms with Crippen molar-refractivity contribution in [2.45, 2.75) is 24.3 Å². The molecule has 1 aliphatic heterocycles. The molecule has 0 aliphatic carbocycles. The number of pyridine rings is 1. The molecule has 0 saturated carbocycles. The molecule has 1 saturated heterocycles. The minimum Gasteiger partial charge on any atom is -0.352 e. The van der Waals surface area contributed by atoms with Crippen LogP contribution >= 0.6 is 34.8 Å². The number of carbonyl (C=O) groups is 1. The molecule has 1 aliphatic rings. The van der Waals surface area contributed by atoms with Gasteiger partial charge in [0.15, 0.2) is 0 Å². The predicted octanol–water partition coefficient (Wildman–Crippen LogP) is 3.76. The molecular formula is C18H18Cl3N3O3S. The van der Waals surface area contributed by atoms with Crippen LogP contribution < -0.4 is 5.32 Å². The van der Waals surface area contributed by atoms with E-state index in [9.17, 15) is 13.2 Å². The molecule has 0 unspecified atom stereocenters. The van der Waals surface area contributed by atoms with E-state index in [1.165, 1.54) is 22.6 Å². The van der Waals surface area contributed by atoms with E-state index in [0.717, 1.165) is 5.56 Å². The van der Waals surface area contributed by atoms with Gasteiger partial charge in [-0.3, -0.25) is 4.79 Å². The number of halogens is 3. The second kappa shape index (κ2) is 8.97. The van der Waals surface area contributed by atoms with Crippen LogP contribution in [0.3, 0.4) is 0 Å². The average Bonchev–Trinajstić information content (AvgIpc) is 2.67. The Bertz CT molecular complexity index is 977. The Balaban J connectivity index is 1.57. The van der Waals surface area contributed by atoms with E-state index in [4.69, 9.17) is 34.8 Å². The molecule has 10 heteroatoms. The van der Waals surface area contributed by atoms with Crippen LogP contribution in [0.25, 0.3) is 0 Å². The molecule has 3 rings (SSSR count). The number of rotatable bonds is 5. The van der Waals surface area contributed by atoms with Crippen molar-refractivity contribution in [3.8, 4) is 0 Å². The van der Waals surface area contributed by atoms with Crippen molar-refractivity contribution in [3.63, 3.8) is 0 Å². The molecule has 1 fully saturated rings. The maximum absolute atomic E-state index is 12.7. The second-order valence-electron chi connectivity index (χ2n) is 6.42. The maximum Gasteiger partial charge on any atom is 0.246 e. The Morgan fingerprint density at radius 2 is 1.89 bits per heavy atom. The number of benzene rings is 1. The molecular weight excluding hydrogens is 445 g/mol.